The molecule has 35 heavy (non-hydrogen) atoms. The number of para-hydroxylation sites is 1. The number of aromatic nitrogens is 2. The Labute approximate surface area is 208 Å². The first kappa shape index (κ1) is 25.9. The van der Waals surface area contributed by atoms with Crippen LogP contribution in [0.2, 0.25) is 0 Å². The van der Waals surface area contributed by atoms with Gasteiger partial charge in [0, 0.05) is 0 Å². The highest BCUT2D eigenvalue weighted by atomic mass is 32.2. The van der Waals surface area contributed by atoms with Crippen molar-refractivity contribution in [3.8, 4) is 17.6 Å². The predicted octanol–water partition coefficient (Wildman–Crippen LogP) is 3.95. The molecule has 0 saturated carbocycles. The molecular weight excluding hydrogens is 488 g/mol. The van der Waals surface area contributed by atoms with E-state index in [1.807, 2.05) is 38.1 Å². The lowest BCUT2D eigenvalue weighted by Gasteiger charge is -2.12. The van der Waals surface area contributed by atoms with E-state index >= 15 is 0 Å². The van der Waals surface area contributed by atoms with E-state index in [9.17, 15) is 18.5 Å². The number of aryl methyl sites for hydroxylation is 2. The van der Waals surface area contributed by atoms with Crippen LogP contribution < -0.4 is 14.8 Å². The predicted molar refractivity (Wildman–Crippen MR) is 133 cm³/mol. The summed E-state index contributed by atoms with van der Waals surface area (Å²) in [6.45, 7) is 6.22. The summed E-state index contributed by atoms with van der Waals surface area (Å²) >= 11 is 0.733. The first-order valence-electron chi connectivity index (χ1n) is 10.6. The molecule has 2 aromatic carbocycles. The molecule has 0 aliphatic rings. The molecule has 1 aromatic heterocycles. The Bertz CT molecular complexity index is 1350. The number of nitrogens with zero attached hydrogens (tertiary/aromatic N) is 3. The Morgan fingerprint density at radius 1 is 1.09 bits per heavy atom. The number of ether oxygens (including phenoxy) is 2. The fourth-order valence-corrected chi connectivity index (χ4v) is 4.96. The average molecular weight is 513 g/mol. The molecular formula is C24H24N4O5S2. The molecule has 0 aliphatic carbocycles. The smallest absolute Gasteiger partial charge is 0.268 e. The Hall–Kier alpha value is -3.75. The number of hydrogen-bond acceptors (Lipinski definition) is 9. The quantitative estimate of drug-likeness (QED) is 0.187. The molecule has 0 radical (unpaired) electrons. The molecule has 0 bridgehead atoms. The monoisotopic (exact) mass is 512 g/mol. The molecule has 0 spiro atoms. The zero-order chi connectivity index (χ0) is 25.4. The summed E-state index contributed by atoms with van der Waals surface area (Å²) in [6.07, 6.45) is 1.41. The SMILES string of the molecule is CCS(=O)(=O)c1nnc(NC(=O)/C(C#N)=C\c2ccc(OCCOc3c(C)cccc3C)cc2)s1. The van der Waals surface area contributed by atoms with Gasteiger partial charge in [-0.3, -0.25) is 10.1 Å². The number of benzene rings is 2. The number of carbonyl (C=O) groups is 1. The van der Waals surface area contributed by atoms with Gasteiger partial charge in [-0.15, -0.1) is 10.2 Å². The summed E-state index contributed by atoms with van der Waals surface area (Å²) < 4.78 is 35.0. The number of carbonyl (C=O) groups excluding carboxylic acids is 1. The van der Waals surface area contributed by atoms with E-state index in [4.69, 9.17) is 9.47 Å². The zero-order valence-corrected chi connectivity index (χ0v) is 21.1. The Kier molecular flexibility index (Phi) is 8.57. The molecule has 9 nitrogen and oxygen atoms in total. The Morgan fingerprint density at radius 2 is 1.74 bits per heavy atom. The molecule has 0 aliphatic heterocycles. The minimum absolute atomic E-state index is 0.00460. The van der Waals surface area contributed by atoms with Crippen LogP contribution in [0.15, 0.2) is 52.4 Å². The molecule has 1 N–H and O–H groups in total. The minimum Gasteiger partial charge on any atom is -0.490 e. The third-order valence-electron chi connectivity index (χ3n) is 4.84. The number of rotatable bonds is 10. The van der Waals surface area contributed by atoms with Crippen molar-refractivity contribution in [1.82, 2.24) is 10.2 Å². The van der Waals surface area contributed by atoms with Gasteiger partial charge in [0.1, 0.15) is 36.4 Å². The van der Waals surface area contributed by atoms with Crippen LogP contribution in [0.4, 0.5) is 5.13 Å². The maximum absolute atomic E-state index is 12.4. The Balaban J connectivity index is 1.56. The van der Waals surface area contributed by atoms with E-state index in [1.54, 1.807) is 24.3 Å². The lowest BCUT2D eigenvalue weighted by Crippen LogP contribution is -2.13. The van der Waals surface area contributed by atoms with Gasteiger partial charge in [-0.25, -0.2) is 8.42 Å². The first-order chi connectivity index (χ1) is 16.7. The van der Waals surface area contributed by atoms with Crippen LogP contribution in [0, 0.1) is 25.2 Å². The number of amides is 1. The Morgan fingerprint density at radius 3 is 2.37 bits per heavy atom. The van der Waals surface area contributed by atoms with Crippen molar-refractivity contribution in [2.45, 2.75) is 25.1 Å². The highest BCUT2D eigenvalue weighted by Crippen LogP contribution is 2.23. The number of nitrogens with one attached hydrogen (secondary N) is 1. The molecule has 0 fully saturated rings. The first-order valence-corrected chi connectivity index (χ1v) is 13.1. The van der Waals surface area contributed by atoms with Gasteiger partial charge in [0.25, 0.3) is 5.91 Å². The van der Waals surface area contributed by atoms with Crippen LogP contribution in [-0.2, 0) is 14.6 Å². The molecule has 3 rings (SSSR count). The van der Waals surface area contributed by atoms with E-state index in [2.05, 4.69) is 15.5 Å². The standard InChI is InChI=1S/C24H24N4O5S2/c1-4-35(30,31)24-28-27-23(34-24)26-22(29)19(15-25)14-18-8-10-20(11-9-18)32-12-13-33-21-16(2)6-5-7-17(21)3/h5-11,14H,4,12-13H2,1-3H3,(H,26,27,29)/b19-14-. The lowest BCUT2D eigenvalue weighted by atomic mass is 10.1. The molecule has 182 valence electrons. The molecule has 1 amide bonds. The van der Waals surface area contributed by atoms with Gasteiger partial charge in [-0.1, -0.05) is 48.6 Å². The summed E-state index contributed by atoms with van der Waals surface area (Å²) in [7, 11) is -3.52. The third-order valence-corrected chi connectivity index (χ3v) is 7.86. The van der Waals surface area contributed by atoms with E-state index in [0.717, 1.165) is 28.2 Å². The van der Waals surface area contributed by atoms with Crippen molar-refractivity contribution in [3.05, 3.63) is 64.7 Å². The number of nitriles is 1. The van der Waals surface area contributed by atoms with Crippen molar-refractivity contribution in [2.24, 2.45) is 0 Å². The maximum Gasteiger partial charge on any atom is 0.268 e. The normalized spacial score (nSPS) is 11.5. The van der Waals surface area contributed by atoms with E-state index in [0.29, 0.717) is 24.5 Å². The largest absolute Gasteiger partial charge is 0.490 e. The average Bonchev–Trinajstić information content (AvgIpc) is 3.32. The molecule has 1 heterocycles. The highest BCUT2D eigenvalue weighted by molar-refractivity contribution is 7.93. The highest BCUT2D eigenvalue weighted by Gasteiger charge is 2.19. The van der Waals surface area contributed by atoms with Gasteiger partial charge < -0.3 is 9.47 Å². The van der Waals surface area contributed by atoms with Crippen LogP contribution in [0.25, 0.3) is 6.08 Å². The van der Waals surface area contributed by atoms with Crippen molar-refractivity contribution < 1.29 is 22.7 Å². The molecule has 11 heteroatoms. The van der Waals surface area contributed by atoms with E-state index in [-0.39, 0.29) is 20.8 Å². The fourth-order valence-electron chi connectivity index (χ4n) is 2.98. The summed E-state index contributed by atoms with van der Waals surface area (Å²) in [5, 5.41) is 19.0. The number of anilines is 1. The summed E-state index contributed by atoms with van der Waals surface area (Å²) in [5.74, 6) is 0.635. The van der Waals surface area contributed by atoms with Crippen molar-refractivity contribution >= 4 is 38.3 Å². The third kappa shape index (κ3) is 6.88. The molecule has 0 saturated heterocycles. The summed E-state index contributed by atoms with van der Waals surface area (Å²) in [4.78, 5) is 12.4. The van der Waals surface area contributed by atoms with Crippen LogP contribution in [0.1, 0.15) is 23.6 Å². The molecule has 0 unspecified atom stereocenters. The zero-order valence-electron chi connectivity index (χ0n) is 19.4. The summed E-state index contributed by atoms with van der Waals surface area (Å²) in [5.41, 5.74) is 2.57. The van der Waals surface area contributed by atoms with Gasteiger partial charge >= 0.3 is 0 Å². The van der Waals surface area contributed by atoms with Crippen molar-refractivity contribution in [1.29, 1.82) is 5.26 Å². The number of hydrogen-bond donors (Lipinski definition) is 1. The topological polar surface area (TPSA) is 131 Å². The number of sulfone groups is 1. The van der Waals surface area contributed by atoms with Crippen LogP contribution in [0.5, 0.6) is 11.5 Å². The van der Waals surface area contributed by atoms with Crippen molar-refractivity contribution in [3.63, 3.8) is 0 Å². The van der Waals surface area contributed by atoms with Gasteiger partial charge in [-0.2, -0.15) is 5.26 Å². The van der Waals surface area contributed by atoms with Crippen molar-refractivity contribution in [2.75, 3.05) is 24.3 Å². The maximum atomic E-state index is 12.4. The van der Waals surface area contributed by atoms with Gasteiger partial charge in [-0.05, 0) is 48.7 Å². The van der Waals surface area contributed by atoms with Crippen LogP contribution in [-0.4, -0.2) is 43.5 Å². The van der Waals surface area contributed by atoms with E-state index in [1.165, 1.54) is 13.0 Å². The molecule has 3 aromatic rings. The van der Waals surface area contributed by atoms with E-state index < -0.39 is 15.7 Å². The molecule has 0 atom stereocenters. The van der Waals surface area contributed by atoms with Gasteiger partial charge in [0.05, 0.1) is 5.75 Å². The second-order valence-electron chi connectivity index (χ2n) is 7.39. The lowest BCUT2D eigenvalue weighted by molar-refractivity contribution is -0.112. The second kappa shape index (κ2) is 11.6. The van der Waals surface area contributed by atoms with Gasteiger partial charge in [0.2, 0.25) is 19.3 Å². The summed E-state index contributed by atoms with van der Waals surface area (Å²) in [6, 6.07) is 14.7. The fraction of sp³-hybridized carbons (Fsp3) is 0.250. The van der Waals surface area contributed by atoms with Crippen LogP contribution in [0.3, 0.4) is 0 Å². The second-order valence-corrected chi connectivity index (χ2v) is 10.8. The van der Waals surface area contributed by atoms with Gasteiger partial charge in [0.15, 0.2) is 0 Å². The van der Waals surface area contributed by atoms with Crippen LogP contribution >= 0.6 is 11.3 Å². The minimum atomic E-state index is -3.52.